The smallest absolute Gasteiger partial charge is 0.242 e. The molecule has 0 spiro atoms. The van der Waals surface area contributed by atoms with Gasteiger partial charge >= 0.3 is 0 Å². The Balaban J connectivity index is 1.35. The second-order valence-electron chi connectivity index (χ2n) is 9.07. The van der Waals surface area contributed by atoms with Crippen LogP contribution in [0.2, 0.25) is 0 Å². The fourth-order valence-corrected chi connectivity index (χ4v) is 5.22. The maximum atomic E-state index is 12.3. The highest BCUT2D eigenvalue weighted by atomic mass is 32.2. The predicted molar refractivity (Wildman–Crippen MR) is 112 cm³/mol. The molecule has 0 aliphatic heterocycles. The van der Waals surface area contributed by atoms with Gasteiger partial charge in [-0.05, 0) is 49.9 Å². The van der Waals surface area contributed by atoms with Crippen LogP contribution in [-0.4, -0.2) is 34.9 Å². The number of rotatable bonds is 11. The number of hydrogen-bond donors (Lipinski definition) is 1. The highest BCUT2D eigenvalue weighted by molar-refractivity contribution is 7.93. The number of nitrogens with zero attached hydrogens (tertiary/aromatic N) is 3. The lowest BCUT2D eigenvalue weighted by Crippen LogP contribution is -2.19. The van der Waals surface area contributed by atoms with Gasteiger partial charge in [-0.25, -0.2) is 8.42 Å². The van der Waals surface area contributed by atoms with E-state index in [1.54, 1.807) is 4.40 Å². The molecule has 0 aromatic carbocycles. The van der Waals surface area contributed by atoms with E-state index >= 15 is 0 Å². The fraction of sp³-hybridized carbons (Fsp3) is 0.714. The predicted octanol–water partition coefficient (Wildman–Crippen LogP) is 4.11. The van der Waals surface area contributed by atoms with Crippen molar-refractivity contribution in [2.45, 2.75) is 75.9 Å². The van der Waals surface area contributed by atoms with Crippen molar-refractivity contribution in [2.24, 2.45) is 11.8 Å². The first-order chi connectivity index (χ1) is 14.0. The highest BCUT2D eigenvalue weighted by Crippen LogP contribution is 2.45. The van der Waals surface area contributed by atoms with Gasteiger partial charge in [0.2, 0.25) is 16.0 Å². The summed E-state index contributed by atoms with van der Waals surface area (Å²) in [4.78, 5) is 0. The average Bonchev–Trinajstić information content (AvgIpc) is 3.55. The van der Waals surface area contributed by atoms with Crippen molar-refractivity contribution in [2.75, 3.05) is 11.3 Å². The molecule has 29 heavy (non-hydrogen) atoms. The molecule has 3 aliphatic carbocycles. The Morgan fingerprint density at radius 2 is 2.00 bits per heavy atom. The van der Waals surface area contributed by atoms with Crippen LogP contribution in [0.15, 0.2) is 12.3 Å². The van der Waals surface area contributed by atoms with Crippen LogP contribution in [0.4, 0.5) is 5.95 Å². The zero-order valence-corrected chi connectivity index (χ0v) is 17.8. The molecular weight excluding hydrogens is 388 g/mol. The molecule has 1 N–H and O–H groups in total. The van der Waals surface area contributed by atoms with E-state index in [2.05, 4.69) is 21.8 Å². The largest absolute Gasteiger partial charge is 0.493 e. The van der Waals surface area contributed by atoms with Gasteiger partial charge in [-0.2, -0.15) is 0 Å². The van der Waals surface area contributed by atoms with Gasteiger partial charge < -0.3 is 4.74 Å². The quantitative estimate of drug-likeness (QED) is 0.594. The van der Waals surface area contributed by atoms with Crippen LogP contribution in [-0.2, 0) is 10.0 Å². The number of aromatic nitrogens is 3. The summed E-state index contributed by atoms with van der Waals surface area (Å²) in [5, 5.41) is 7.98. The van der Waals surface area contributed by atoms with E-state index in [-0.39, 0.29) is 11.2 Å². The summed E-state index contributed by atoms with van der Waals surface area (Å²) in [6.45, 7) is 2.97. The van der Waals surface area contributed by atoms with Gasteiger partial charge in [0.05, 0.1) is 11.9 Å². The SMILES string of the molecule is CCC(CCC1CC1)COc1cc2nnc(NS(=O)(=O)C3CC3)n2cc1C1CC1. The normalized spacial score (nSPS) is 20.7. The Morgan fingerprint density at radius 3 is 2.66 bits per heavy atom. The minimum Gasteiger partial charge on any atom is -0.493 e. The van der Waals surface area contributed by atoms with Crippen LogP contribution >= 0.6 is 0 Å². The summed E-state index contributed by atoms with van der Waals surface area (Å²) in [5.74, 6) is 3.18. The molecule has 2 aromatic heterocycles. The molecule has 3 aliphatic rings. The fourth-order valence-electron chi connectivity index (χ4n) is 3.91. The Hall–Kier alpha value is -1.83. The van der Waals surface area contributed by atoms with Crippen LogP contribution < -0.4 is 9.46 Å². The van der Waals surface area contributed by atoms with Crippen LogP contribution in [0.25, 0.3) is 5.65 Å². The molecule has 1 unspecified atom stereocenters. The van der Waals surface area contributed by atoms with Gasteiger partial charge in [-0.15, -0.1) is 10.2 Å². The van der Waals surface area contributed by atoms with Gasteiger partial charge in [-0.1, -0.05) is 32.6 Å². The molecule has 2 aromatic rings. The summed E-state index contributed by atoms with van der Waals surface area (Å²) in [6, 6.07) is 1.92. The van der Waals surface area contributed by atoms with Crippen molar-refractivity contribution >= 4 is 21.6 Å². The number of ether oxygens (including phenoxy) is 1. The molecule has 7 nitrogen and oxygen atoms in total. The maximum Gasteiger partial charge on any atom is 0.242 e. The van der Waals surface area contributed by atoms with E-state index in [0.717, 1.165) is 55.9 Å². The molecule has 0 amide bonds. The lowest BCUT2D eigenvalue weighted by molar-refractivity contribution is 0.230. The highest BCUT2D eigenvalue weighted by Gasteiger charge is 2.37. The van der Waals surface area contributed by atoms with E-state index in [0.29, 0.717) is 17.5 Å². The van der Waals surface area contributed by atoms with Crippen LogP contribution in [0.3, 0.4) is 0 Å². The monoisotopic (exact) mass is 418 g/mol. The lowest BCUT2D eigenvalue weighted by atomic mass is 9.99. The maximum absolute atomic E-state index is 12.3. The minimum absolute atomic E-state index is 0.274. The molecule has 3 fully saturated rings. The van der Waals surface area contributed by atoms with E-state index in [4.69, 9.17) is 4.74 Å². The zero-order chi connectivity index (χ0) is 20.0. The van der Waals surface area contributed by atoms with E-state index in [1.165, 1.54) is 25.7 Å². The van der Waals surface area contributed by atoms with Gasteiger partial charge in [0.1, 0.15) is 5.75 Å². The van der Waals surface area contributed by atoms with Crippen LogP contribution in [0.1, 0.15) is 76.2 Å². The van der Waals surface area contributed by atoms with E-state index < -0.39 is 10.0 Å². The summed E-state index contributed by atoms with van der Waals surface area (Å²) in [6.07, 6.45) is 12.2. The first-order valence-electron chi connectivity index (χ1n) is 11.1. The topological polar surface area (TPSA) is 85.6 Å². The lowest BCUT2D eigenvalue weighted by Gasteiger charge is -2.18. The molecule has 3 saturated carbocycles. The van der Waals surface area contributed by atoms with Gasteiger partial charge in [0, 0.05) is 17.8 Å². The van der Waals surface area contributed by atoms with Gasteiger partial charge in [0.25, 0.3) is 0 Å². The third kappa shape index (κ3) is 4.37. The first-order valence-corrected chi connectivity index (χ1v) is 12.6. The molecule has 0 bridgehead atoms. The average molecular weight is 419 g/mol. The number of anilines is 1. The number of pyridine rings is 1. The minimum atomic E-state index is -3.37. The second-order valence-corrected chi connectivity index (χ2v) is 11.0. The molecule has 0 saturated heterocycles. The molecule has 8 heteroatoms. The van der Waals surface area contributed by atoms with Crippen molar-refractivity contribution in [1.29, 1.82) is 0 Å². The number of hydrogen-bond acceptors (Lipinski definition) is 5. The van der Waals surface area contributed by atoms with E-state index in [1.807, 2.05) is 12.3 Å². The van der Waals surface area contributed by atoms with Crippen molar-refractivity contribution in [1.82, 2.24) is 14.6 Å². The molecule has 158 valence electrons. The van der Waals surface area contributed by atoms with Crippen LogP contribution in [0, 0.1) is 11.8 Å². The van der Waals surface area contributed by atoms with Crippen molar-refractivity contribution in [3.63, 3.8) is 0 Å². The Labute approximate surface area is 172 Å². The molecule has 0 radical (unpaired) electrons. The molecule has 1 atom stereocenters. The van der Waals surface area contributed by atoms with Crippen LogP contribution in [0.5, 0.6) is 5.75 Å². The number of fused-ring (bicyclic) bond motifs is 1. The molecular formula is C21H30N4O3S. The third-order valence-corrected chi connectivity index (χ3v) is 8.30. The number of sulfonamides is 1. The first kappa shape index (κ1) is 19.2. The van der Waals surface area contributed by atoms with Gasteiger partial charge in [0.15, 0.2) is 5.65 Å². The van der Waals surface area contributed by atoms with Crippen molar-refractivity contribution in [3.8, 4) is 5.75 Å². The number of nitrogens with one attached hydrogen (secondary N) is 1. The third-order valence-electron chi connectivity index (χ3n) is 6.48. The standard InChI is InChI=1S/C21H30N4O3S/c1-2-14(3-4-15-5-6-15)13-28-19-11-20-22-23-21(24-29(26,27)17-9-10-17)25(20)12-18(19)16-7-8-16/h11-12,14-17H,2-10,13H2,1H3,(H,23,24). The second kappa shape index (κ2) is 7.45. The Morgan fingerprint density at radius 1 is 1.21 bits per heavy atom. The zero-order valence-electron chi connectivity index (χ0n) is 17.0. The molecule has 2 heterocycles. The Bertz CT molecular complexity index is 991. The van der Waals surface area contributed by atoms with E-state index in [9.17, 15) is 8.42 Å². The summed E-state index contributed by atoms with van der Waals surface area (Å²) in [7, 11) is -3.37. The van der Waals surface area contributed by atoms with Crippen molar-refractivity contribution in [3.05, 3.63) is 17.8 Å². The van der Waals surface area contributed by atoms with Crippen molar-refractivity contribution < 1.29 is 13.2 Å². The Kier molecular flexibility index (Phi) is 4.92. The summed E-state index contributed by atoms with van der Waals surface area (Å²) >= 11 is 0. The van der Waals surface area contributed by atoms with Gasteiger partial charge in [-0.3, -0.25) is 9.12 Å². The summed E-state index contributed by atoms with van der Waals surface area (Å²) < 4.78 is 35.3. The summed E-state index contributed by atoms with van der Waals surface area (Å²) in [5.41, 5.74) is 1.75. The molecule has 5 rings (SSSR count).